The monoisotopic (exact) mass is 573 g/mol. The zero-order valence-electron chi connectivity index (χ0n) is 20.4. The Morgan fingerprint density at radius 1 is 1.05 bits per heavy atom. The molecule has 4 aromatic rings. The molecule has 16 heteroatoms. The molecule has 0 amide bonds. The fraction of sp³-hybridized carbons (Fsp3) is 0.304. The number of halogens is 6. The zero-order valence-corrected chi connectivity index (χ0v) is 21.2. The van der Waals surface area contributed by atoms with E-state index in [9.17, 15) is 32.0 Å². The molecule has 2 heterocycles. The van der Waals surface area contributed by atoms with E-state index in [0.717, 1.165) is 21.0 Å². The summed E-state index contributed by atoms with van der Waals surface area (Å²) in [6.45, 7) is -0.676. The summed E-state index contributed by atoms with van der Waals surface area (Å²) >= 11 is 5.90. The van der Waals surface area contributed by atoms with Crippen LogP contribution in [0, 0.1) is 0 Å². The highest BCUT2D eigenvalue weighted by molar-refractivity contribution is 6.30. The second-order valence-electron chi connectivity index (χ2n) is 8.38. The molecule has 0 bridgehead atoms. The van der Waals surface area contributed by atoms with Crippen LogP contribution in [0.15, 0.2) is 53.3 Å². The van der Waals surface area contributed by atoms with Crippen molar-refractivity contribution in [2.45, 2.75) is 38.5 Å². The summed E-state index contributed by atoms with van der Waals surface area (Å²) in [5.74, 6) is -4.70. The normalized spacial score (nSPS) is 12.2. The molecule has 4 rings (SSSR count). The van der Waals surface area contributed by atoms with Gasteiger partial charge in [0, 0.05) is 24.1 Å². The number of anilines is 1. The molecular weight excluding hydrogens is 553 g/mol. The summed E-state index contributed by atoms with van der Waals surface area (Å²) in [5, 5.41) is 19.0. The maximum atomic E-state index is 14.5. The Morgan fingerprint density at radius 2 is 1.72 bits per heavy atom. The predicted octanol–water partition coefficient (Wildman–Crippen LogP) is 4.82. The molecule has 208 valence electrons. The van der Waals surface area contributed by atoms with E-state index in [4.69, 9.17) is 16.4 Å². The van der Waals surface area contributed by atoms with E-state index in [1.807, 2.05) is 0 Å². The predicted molar refractivity (Wildman–Crippen MR) is 129 cm³/mol. The van der Waals surface area contributed by atoms with Gasteiger partial charge >= 0.3 is 17.8 Å². The lowest BCUT2D eigenvalue weighted by molar-refractivity contribution is -0.136. The van der Waals surface area contributed by atoms with Gasteiger partial charge in [-0.05, 0) is 36.4 Å². The van der Waals surface area contributed by atoms with Crippen LogP contribution in [0.1, 0.15) is 25.0 Å². The number of para-hydroxylation sites is 2. The van der Waals surface area contributed by atoms with Gasteiger partial charge in [-0.25, -0.2) is 19.1 Å². The van der Waals surface area contributed by atoms with Crippen molar-refractivity contribution in [3.8, 4) is 17.1 Å². The van der Waals surface area contributed by atoms with E-state index < -0.39 is 43.1 Å². The third-order valence-corrected chi connectivity index (χ3v) is 5.72. The summed E-state index contributed by atoms with van der Waals surface area (Å²) in [6.07, 6.45) is -5.84. The van der Waals surface area contributed by atoms with Gasteiger partial charge in [0.25, 0.3) is 0 Å². The number of alkyl halides is 5. The average molecular weight is 574 g/mol. The second-order valence-corrected chi connectivity index (χ2v) is 8.82. The smallest absolute Gasteiger partial charge is 0.275 e. The van der Waals surface area contributed by atoms with Crippen LogP contribution in [0.4, 0.5) is 27.6 Å². The topological polar surface area (TPSA) is 103 Å². The van der Waals surface area contributed by atoms with E-state index in [1.54, 1.807) is 0 Å². The Balaban J connectivity index is 1.80. The number of hydrogen-bond acceptors (Lipinski definition) is 7. The van der Waals surface area contributed by atoms with E-state index in [0.29, 0.717) is 22.7 Å². The molecule has 0 saturated carbocycles. The maximum absolute atomic E-state index is 14.5. The van der Waals surface area contributed by atoms with E-state index >= 15 is 0 Å². The molecule has 2 aromatic carbocycles. The van der Waals surface area contributed by atoms with Gasteiger partial charge in [0.1, 0.15) is 12.2 Å². The minimum Gasteiger partial charge on any atom is -0.275 e. The van der Waals surface area contributed by atoms with Crippen molar-refractivity contribution < 1.29 is 32.0 Å². The lowest BCUT2D eigenvalue weighted by atomic mass is 10.2. The third-order valence-electron chi connectivity index (χ3n) is 5.47. The van der Waals surface area contributed by atoms with Crippen molar-refractivity contribution in [1.82, 2.24) is 29.1 Å². The molecule has 0 atom stereocenters. The molecule has 0 aliphatic heterocycles. The Labute approximate surface area is 222 Å². The first-order valence-electron chi connectivity index (χ1n) is 11.3. The lowest BCUT2D eigenvalue weighted by Crippen LogP contribution is -2.27. The van der Waals surface area contributed by atoms with Crippen LogP contribution in [-0.2, 0) is 23.8 Å². The largest absolute Gasteiger partial charge is 0.390 e. The Morgan fingerprint density at radius 3 is 2.33 bits per heavy atom. The van der Waals surface area contributed by atoms with Crippen LogP contribution in [0.3, 0.4) is 0 Å². The van der Waals surface area contributed by atoms with Crippen molar-refractivity contribution in [3.05, 3.63) is 75.7 Å². The van der Waals surface area contributed by atoms with Crippen molar-refractivity contribution in [3.63, 3.8) is 0 Å². The average Bonchev–Trinajstić information content (AvgIpc) is 3.44. The van der Waals surface area contributed by atoms with Gasteiger partial charge in [0.2, 0.25) is 5.82 Å². The molecule has 0 aliphatic carbocycles. The number of hydrogen-bond donors (Lipinski definition) is 1. The van der Waals surface area contributed by atoms with Gasteiger partial charge in [-0.15, -0.1) is 15.4 Å². The molecule has 0 fully saturated rings. The fourth-order valence-electron chi connectivity index (χ4n) is 3.71. The lowest BCUT2D eigenvalue weighted by Gasteiger charge is -2.18. The van der Waals surface area contributed by atoms with Crippen LogP contribution in [0.25, 0.3) is 17.1 Å². The standard InChI is InChI=1S/C23H21ClF5N7O3/c1-22(25,26)20-30-18(31-35(20)16-5-3-4-6-17(16)36(38)39-2)13-34-21(37)33(12-11-23(27,28)29)19(32-34)14-7-9-15(24)10-8-14/h3-10,38H,11-13H2,1-2H3. The number of nitrogens with zero attached hydrogens (tertiary/aromatic N) is 7. The molecule has 0 radical (unpaired) electrons. The van der Waals surface area contributed by atoms with E-state index in [-0.39, 0.29) is 23.0 Å². The molecule has 1 N–H and O–H groups in total. The second kappa shape index (κ2) is 10.7. The van der Waals surface area contributed by atoms with Crippen molar-refractivity contribution in [1.29, 1.82) is 0 Å². The SMILES string of the molecule is CON(O)c1ccccc1-n1nc(Cn2nc(-c3ccc(Cl)cc3)n(CCC(F)(F)F)c2=O)nc1C(C)(F)F. The number of benzene rings is 2. The summed E-state index contributed by atoms with van der Waals surface area (Å²) in [6, 6.07) is 11.7. The van der Waals surface area contributed by atoms with Crippen LogP contribution >= 0.6 is 11.6 Å². The Kier molecular flexibility index (Phi) is 7.77. The van der Waals surface area contributed by atoms with Crippen molar-refractivity contribution in [2.24, 2.45) is 0 Å². The first kappa shape index (κ1) is 28.2. The third kappa shape index (κ3) is 6.26. The first-order chi connectivity index (χ1) is 18.3. The van der Waals surface area contributed by atoms with Crippen LogP contribution in [-0.4, -0.2) is 47.6 Å². The van der Waals surface area contributed by atoms with Gasteiger partial charge in [-0.3, -0.25) is 14.6 Å². The molecule has 0 aliphatic rings. The minimum atomic E-state index is -4.54. The number of aromatic nitrogens is 6. The van der Waals surface area contributed by atoms with Crippen molar-refractivity contribution in [2.75, 3.05) is 12.3 Å². The summed E-state index contributed by atoms with van der Waals surface area (Å²) in [4.78, 5) is 21.7. The highest BCUT2D eigenvalue weighted by atomic mass is 35.5. The van der Waals surface area contributed by atoms with Gasteiger partial charge < -0.3 is 0 Å². The van der Waals surface area contributed by atoms with Crippen LogP contribution < -0.4 is 10.9 Å². The molecule has 0 unspecified atom stereocenters. The molecule has 0 spiro atoms. The maximum Gasteiger partial charge on any atom is 0.390 e. The Bertz CT molecular complexity index is 1510. The quantitative estimate of drug-likeness (QED) is 0.226. The molecule has 10 nitrogen and oxygen atoms in total. The van der Waals surface area contributed by atoms with Gasteiger partial charge in [-0.1, -0.05) is 23.7 Å². The van der Waals surface area contributed by atoms with Gasteiger partial charge in [0.05, 0.1) is 19.2 Å². The summed E-state index contributed by atoms with van der Waals surface area (Å²) in [5.41, 5.74) is -0.678. The van der Waals surface area contributed by atoms with Gasteiger partial charge in [-0.2, -0.15) is 22.0 Å². The van der Waals surface area contributed by atoms with Crippen LogP contribution in [0.5, 0.6) is 0 Å². The summed E-state index contributed by atoms with van der Waals surface area (Å²) in [7, 11) is 1.15. The molecular formula is C23H21ClF5N7O3. The van der Waals surface area contributed by atoms with Crippen LogP contribution in [0.2, 0.25) is 5.02 Å². The van der Waals surface area contributed by atoms with E-state index in [1.165, 1.54) is 48.5 Å². The first-order valence-corrected chi connectivity index (χ1v) is 11.6. The Hall–Kier alpha value is -3.82. The highest BCUT2D eigenvalue weighted by Crippen LogP contribution is 2.31. The molecule has 2 aromatic heterocycles. The number of rotatable bonds is 9. The van der Waals surface area contributed by atoms with Crippen molar-refractivity contribution >= 4 is 17.3 Å². The molecule has 0 saturated heterocycles. The zero-order chi connectivity index (χ0) is 28.5. The minimum absolute atomic E-state index is 0.0259. The fourth-order valence-corrected chi connectivity index (χ4v) is 3.83. The molecule has 39 heavy (non-hydrogen) atoms. The highest BCUT2D eigenvalue weighted by Gasteiger charge is 2.34. The summed E-state index contributed by atoms with van der Waals surface area (Å²) < 4.78 is 70.4. The van der Waals surface area contributed by atoms with Gasteiger partial charge in [0.15, 0.2) is 11.6 Å². The van der Waals surface area contributed by atoms with E-state index in [2.05, 4.69) is 15.2 Å².